The molecule has 0 bridgehead atoms. The Morgan fingerprint density at radius 2 is 2.00 bits per heavy atom. The Kier molecular flexibility index (Phi) is 4.81. The van der Waals surface area contributed by atoms with Crippen molar-refractivity contribution in [3.8, 4) is 11.5 Å². The quantitative estimate of drug-likeness (QED) is 0.777. The third-order valence-electron chi connectivity index (χ3n) is 2.95. The fourth-order valence-electron chi connectivity index (χ4n) is 1.97. The van der Waals surface area contributed by atoms with Crippen LogP contribution in [0.2, 0.25) is 0 Å². The second kappa shape index (κ2) is 6.58. The van der Waals surface area contributed by atoms with Gasteiger partial charge < -0.3 is 24.4 Å². The van der Waals surface area contributed by atoms with E-state index in [0.717, 1.165) is 0 Å². The Balaban J connectivity index is 2.04. The highest BCUT2D eigenvalue weighted by atomic mass is 16.6. The number of esters is 1. The summed E-state index contributed by atoms with van der Waals surface area (Å²) in [5.41, 5.74) is 0.464. The highest BCUT2D eigenvalue weighted by molar-refractivity contribution is 5.70. The first-order valence-electron chi connectivity index (χ1n) is 6.53. The smallest absolute Gasteiger partial charge is 0.308 e. The molecule has 2 N–H and O–H groups in total. The second-order valence-corrected chi connectivity index (χ2v) is 4.42. The van der Waals surface area contributed by atoms with Crippen molar-refractivity contribution in [2.45, 2.75) is 25.6 Å². The van der Waals surface area contributed by atoms with Gasteiger partial charge in [0, 0.05) is 0 Å². The van der Waals surface area contributed by atoms with Crippen LogP contribution in [0.25, 0.3) is 0 Å². The molecule has 0 aromatic heterocycles. The van der Waals surface area contributed by atoms with E-state index in [-0.39, 0.29) is 13.0 Å². The van der Waals surface area contributed by atoms with Gasteiger partial charge >= 0.3 is 5.97 Å². The van der Waals surface area contributed by atoms with Gasteiger partial charge in [-0.1, -0.05) is 6.07 Å². The molecule has 0 saturated carbocycles. The van der Waals surface area contributed by atoms with Gasteiger partial charge in [0.1, 0.15) is 19.3 Å². The van der Waals surface area contributed by atoms with E-state index >= 15 is 0 Å². The normalized spacial score (nSPS) is 16.4. The standard InChI is InChI=1S/C14H18O6/c1-2-18-13(16)8-10(15)14(17)9-3-4-11-12(7-9)20-6-5-19-11/h3-4,7,10,14-15,17H,2,5-6,8H2,1H3. The molecule has 1 aliphatic heterocycles. The molecule has 20 heavy (non-hydrogen) atoms. The molecule has 6 nitrogen and oxygen atoms in total. The van der Waals surface area contributed by atoms with E-state index in [1.807, 2.05) is 0 Å². The van der Waals surface area contributed by atoms with Crippen molar-refractivity contribution in [2.24, 2.45) is 0 Å². The van der Waals surface area contributed by atoms with Gasteiger partial charge in [-0.15, -0.1) is 0 Å². The number of aliphatic hydroxyl groups excluding tert-OH is 2. The molecule has 0 spiro atoms. The maximum absolute atomic E-state index is 11.3. The highest BCUT2D eigenvalue weighted by Crippen LogP contribution is 2.33. The minimum Gasteiger partial charge on any atom is -0.486 e. The average Bonchev–Trinajstić information content (AvgIpc) is 2.46. The number of hydrogen-bond donors (Lipinski definition) is 2. The molecule has 1 aliphatic rings. The third-order valence-corrected chi connectivity index (χ3v) is 2.95. The Morgan fingerprint density at radius 1 is 1.30 bits per heavy atom. The lowest BCUT2D eigenvalue weighted by atomic mass is 10.0. The first kappa shape index (κ1) is 14.6. The molecule has 0 amide bonds. The van der Waals surface area contributed by atoms with Crippen LogP contribution in [0.1, 0.15) is 25.0 Å². The molecule has 6 heteroatoms. The minimum absolute atomic E-state index is 0.242. The predicted molar refractivity (Wildman–Crippen MR) is 69.6 cm³/mol. The Hall–Kier alpha value is -1.79. The molecular formula is C14H18O6. The number of benzene rings is 1. The first-order valence-corrected chi connectivity index (χ1v) is 6.53. The van der Waals surface area contributed by atoms with E-state index < -0.39 is 18.2 Å². The van der Waals surface area contributed by atoms with Crippen molar-refractivity contribution in [2.75, 3.05) is 19.8 Å². The summed E-state index contributed by atoms with van der Waals surface area (Å²) < 4.78 is 15.5. The van der Waals surface area contributed by atoms with Crippen molar-refractivity contribution < 1.29 is 29.2 Å². The van der Waals surface area contributed by atoms with Gasteiger partial charge in [0.15, 0.2) is 11.5 Å². The van der Waals surface area contributed by atoms with E-state index in [1.54, 1.807) is 25.1 Å². The molecule has 2 atom stereocenters. The highest BCUT2D eigenvalue weighted by Gasteiger charge is 2.24. The second-order valence-electron chi connectivity index (χ2n) is 4.42. The van der Waals surface area contributed by atoms with Gasteiger partial charge in [0.25, 0.3) is 0 Å². The lowest BCUT2D eigenvalue weighted by Gasteiger charge is -2.22. The summed E-state index contributed by atoms with van der Waals surface area (Å²) in [5, 5.41) is 19.9. The predicted octanol–water partition coefficient (Wildman–Crippen LogP) is 0.805. The molecule has 2 unspecified atom stereocenters. The SMILES string of the molecule is CCOC(=O)CC(O)C(O)c1ccc2c(c1)OCCO2. The van der Waals surface area contributed by atoms with Crippen LogP contribution >= 0.6 is 0 Å². The molecule has 0 saturated heterocycles. The van der Waals surface area contributed by atoms with Crippen molar-refractivity contribution in [3.05, 3.63) is 23.8 Å². The number of carbonyl (C=O) groups excluding carboxylic acids is 1. The van der Waals surface area contributed by atoms with Gasteiger partial charge in [-0.2, -0.15) is 0 Å². The Morgan fingerprint density at radius 3 is 2.70 bits per heavy atom. The minimum atomic E-state index is -1.23. The molecule has 0 fully saturated rings. The van der Waals surface area contributed by atoms with Crippen LogP contribution < -0.4 is 9.47 Å². The van der Waals surface area contributed by atoms with Crippen LogP contribution in [0.5, 0.6) is 11.5 Å². The van der Waals surface area contributed by atoms with Gasteiger partial charge in [-0.3, -0.25) is 4.79 Å². The van der Waals surface area contributed by atoms with Crippen molar-refractivity contribution in [3.63, 3.8) is 0 Å². The van der Waals surface area contributed by atoms with E-state index in [0.29, 0.717) is 30.3 Å². The molecule has 0 aliphatic carbocycles. The van der Waals surface area contributed by atoms with Crippen molar-refractivity contribution >= 4 is 5.97 Å². The van der Waals surface area contributed by atoms with E-state index in [2.05, 4.69) is 0 Å². The van der Waals surface area contributed by atoms with Crippen LogP contribution in [-0.2, 0) is 9.53 Å². The zero-order valence-electron chi connectivity index (χ0n) is 11.2. The number of ether oxygens (including phenoxy) is 3. The number of rotatable bonds is 5. The molecule has 110 valence electrons. The molecule has 1 heterocycles. The van der Waals surface area contributed by atoms with Crippen molar-refractivity contribution in [1.82, 2.24) is 0 Å². The van der Waals surface area contributed by atoms with Crippen molar-refractivity contribution in [1.29, 1.82) is 0 Å². The molecular weight excluding hydrogens is 264 g/mol. The summed E-state index contributed by atoms with van der Waals surface area (Å²) in [6.45, 7) is 2.85. The zero-order valence-corrected chi connectivity index (χ0v) is 11.2. The van der Waals surface area contributed by atoms with E-state index in [1.165, 1.54) is 0 Å². The zero-order chi connectivity index (χ0) is 14.5. The van der Waals surface area contributed by atoms with Gasteiger partial charge in [0.2, 0.25) is 0 Å². The molecule has 1 aromatic rings. The van der Waals surface area contributed by atoms with Gasteiger partial charge in [-0.25, -0.2) is 0 Å². The maximum atomic E-state index is 11.3. The lowest BCUT2D eigenvalue weighted by Crippen LogP contribution is -2.23. The average molecular weight is 282 g/mol. The number of aliphatic hydroxyl groups is 2. The Labute approximate surface area is 116 Å². The fraction of sp³-hybridized carbons (Fsp3) is 0.500. The van der Waals surface area contributed by atoms with Crippen LogP contribution in [0.15, 0.2) is 18.2 Å². The van der Waals surface area contributed by atoms with Gasteiger partial charge in [0.05, 0.1) is 19.1 Å². The molecule has 2 rings (SSSR count). The number of fused-ring (bicyclic) bond motifs is 1. The summed E-state index contributed by atoms with van der Waals surface area (Å²) in [4.78, 5) is 11.3. The summed E-state index contributed by atoms with van der Waals surface area (Å²) in [7, 11) is 0. The van der Waals surface area contributed by atoms with Crippen LogP contribution in [0.3, 0.4) is 0 Å². The summed E-state index contributed by atoms with van der Waals surface area (Å²) in [6, 6.07) is 4.91. The van der Waals surface area contributed by atoms with Crippen LogP contribution in [0, 0.1) is 0 Å². The molecule has 0 radical (unpaired) electrons. The fourth-order valence-corrected chi connectivity index (χ4v) is 1.97. The lowest BCUT2D eigenvalue weighted by molar-refractivity contribution is -0.147. The maximum Gasteiger partial charge on any atom is 0.308 e. The number of hydrogen-bond acceptors (Lipinski definition) is 6. The van der Waals surface area contributed by atoms with Crippen LogP contribution in [0.4, 0.5) is 0 Å². The van der Waals surface area contributed by atoms with E-state index in [4.69, 9.17) is 14.2 Å². The largest absolute Gasteiger partial charge is 0.486 e. The van der Waals surface area contributed by atoms with Crippen LogP contribution in [-0.4, -0.2) is 42.1 Å². The topological polar surface area (TPSA) is 85.2 Å². The monoisotopic (exact) mass is 282 g/mol. The molecule has 1 aromatic carbocycles. The Bertz CT molecular complexity index is 473. The van der Waals surface area contributed by atoms with E-state index in [9.17, 15) is 15.0 Å². The van der Waals surface area contributed by atoms with Gasteiger partial charge in [-0.05, 0) is 24.6 Å². The third kappa shape index (κ3) is 3.40. The summed E-state index contributed by atoms with van der Waals surface area (Å²) >= 11 is 0. The summed E-state index contributed by atoms with van der Waals surface area (Å²) in [6.07, 6.45) is -2.67. The summed E-state index contributed by atoms with van der Waals surface area (Å²) in [5.74, 6) is 0.583. The first-order chi connectivity index (χ1) is 9.61. The number of carbonyl (C=O) groups is 1.